The fourth-order valence-electron chi connectivity index (χ4n) is 3.15. The van der Waals surface area contributed by atoms with Crippen LogP contribution in [0.3, 0.4) is 0 Å². The van der Waals surface area contributed by atoms with Gasteiger partial charge < -0.3 is 9.26 Å². The van der Waals surface area contributed by atoms with Crippen LogP contribution in [-0.2, 0) is 24.9 Å². The van der Waals surface area contributed by atoms with Gasteiger partial charge in [0.25, 0.3) is 0 Å². The number of hydrogen-bond donors (Lipinski definition) is 0. The number of rotatable bonds is 5. The van der Waals surface area contributed by atoms with Gasteiger partial charge in [-0.05, 0) is 33.2 Å². The van der Waals surface area contributed by atoms with Gasteiger partial charge in [-0.2, -0.15) is 10.1 Å². The van der Waals surface area contributed by atoms with E-state index in [1.54, 1.807) is 6.92 Å². The van der Waals surface area contributed by atoms with Gasteiger partial charge in [-0.15, -0.1) is 0 Å². The standard InChI is InChI=1S/C16H25N5O2/c1-11-15(12(2)20(4)18-11)9-21-7-5-6-14(8-21)22-10-16-17-13(3)23-19-16/h14H,5-10H2,1-4H3. The number of ether oxygens (including phenoxy) is 1. The minimum atomic E-state index is 0.222. The molecule has 0 saturated carbocycles. The third-order valence-electron chi connectivity index (χ3n) is 4.52. The van der Waals surface area contributed by atoms with E-state index in [1.807, 2.05) is 11.7 Å². The molecule has 0 N–H and O–H groups in total. The SMILES string of the molecule is Cc1nc(COC2CCCN(Cc3c(C)nn(C)c3C)C2)no1. The van der Waals surface area contributed by atoms with Crippen LogP contribution in [0.2, 0.25) is 0 Å². The summed E-state index contributed by atoms with van der Waals surface area (Å²) in [5.74, 6) is 1.20. The van der Waals surface area contributed by atoms with E-state index in [2.05, 4.69) is 34.0 Å². The van der Waals surface area contributed by atoms with Gasteiger partial charge in [0, 0.05) is 38.3 Å². The summed E-state index contributed by atoms with van der Waals surface area (Å²) in [5.41, 5.74) is 3.70. The van der Waals surface area contributed by atoms with Gasteiger partial charge in [0.05, 0.1) is 11.8 Å². The van der Waals surface area contributed by atoms with Crippen molar-refractivity contribution in [3.8, 4) is 0 Å². The lowest BCUT2D eigenvalue weighted by molar-refractivity contribution is -0.0152. The quantitative estimate of drug-likeness (QED) is 0.838. The first kappa shape index (κ1) is 16.1. The largest absolute Gasteiger partial charge is 0.369 e. The lowest BCUT2D eigenvalue weighted by Gasteiger charge is -2.32. The lowest BCUT2D eigenvalue weighted by Crippen LogP contribution is -2.39. The van der Waals surface area contributed by atoms with Crippen LogP contribution in [0.25, 0.3) is 0 Å². The van der Waals surface area contributed by atoms with Gasteiger partial charge in [0.15, 0.2) is 5.82 Å². The first-order chi connectivity index (χ1) is 11.0. The molecule has 23 heavy (non-hydrogen) atoms. The van der Waals surface area contributed by atoms with Crippen LogP contribution in [0.15, 0.2) is 4.52 Å². The molecule has 1 aliphatic heterocycles. The monoisotopic (exact) mass is 319 g/mol. The Hall–Kier alpha value is -1.73. The van der Waals surface area contributed by atoms with E-state index in [1.165, 1.54) is 11.3 Å². The molecular formula is C16H25N5O2. The predicted octanol–water partition coefficient (Wildman–Crippen LogP) is 1.91. The molecule has 1 saturated heterocycles. The summed E-state index contributed by atoms with van der Waals surface area (Å²) in [6, 6.07) is 0. The maximum atomic E-state index is 5.97. The molecule has 0 spiro atoms. The average molecular weight is 319 g/mol. The molecule has 0 radical (unpaired) electrons. The molecule has 7 nitrogen and oxygen atoms in total. The minimum Gasteiger partial charge on any atom is -0.369 e. The zero-order valence-electron chi connectivity index (χ0n) is 14.4. The normalized spacial score (nSPS) is 19.4. The highest BCUT2D eigenvalue weighted by molar-refractivity contribution is 5.24. The van der Waals surface area contributed by atoms with Crippen molar-refractivity contribution in [1.29, 1.82) is 0 Å². The summed E-state index contributed by atoms with van der Waals surface area (Å²) in [6.07, 6.45) is 2.45. The van der Waals surface area contributed by atoms with Crippen LogP contribution in [0.4, 0.5) is 0 Å². The highest BCUT2D eigenvalue weighted by Crippen LogP contribution is 2.20. The molecule has 0 amide bonds. The van der Waals surface area contributed by atoms with Crippen molar-refractivity contribution in [1.82, 2.24) is 24.8 Å². The summed E-state index contributed by atoms with van der Waals surface area (Å²) in [7, 11) is 2.00. The zero-order chi connectivity index (χ0) is 16.4. The summed E-state index contributed by atoms with van der Waals surface area (Å²) >= 11 is 0. The molecule has 7 heteroatoms. The number of aryl methyl sites for hydroxylation is 3. The highest BCUT2D eigenvalue weighted by atomic mass is 16.5. The van der Waals surface area contributed by atoms with E-state index in [0.29, 0.717) is 18.3 Å². The summed E-state index contributed by atoms with van der Waals surface area (Å²) in [4.78, 5) is 6.63. The van der Waals surface area contributed by atoms with Crippen LogP contribution in [0.5, 0.6) is 0 Å². The molecule has 2 aromatic rings. The van der Waals surface area contributed by atoms with E-state index in [9.17, 15) is 0 Å². The van der Waals surface area contributed by atoms with E-state index in [-0.39, 0.29) is 6.10 Å². The van der Waals surface area contributed by atoms with Crippen molar-refractivity contribution in [2.45, 2.75) is 52.9 Å². The molecule has 0 bridgehead atoms. The molecule has 126 valence electrons. The van der Waals surface area contributed by atoms with Gasteiger partial charge in [0.2, 0.25) is 5.89 Å². The second-order valence-corrected chi connectivity index (χ2v) is 6.31. The van der Waals surface area contributed by atoms with Gasteiger partial charge in [-0.1, -0.05) is 5.16 Å². The van der Waals surface area contributed by atoms with Crippen molar-refractivity contribution >= 4 is 0 Å². The minimum absolute atomic E-state index is 0.222. The maximum Gasteiger partial charge on any atom is 0.223 e. The Morgan fingerprint density at radius 2 is 2.13 bits per heavy atom. The van der Waals surface area contributed by atoms with Crippen molar-refractivity contribution in [2.24, 2.45) is 7.05 Å². The number of nitrogens with zero attached hydrogens (tertiary/aromatic N) is 5. The molecule has 1 aliphatic rings. The van der Waals surface area contributed by atoms with E-state index in [0.717, 1.165) is 38.2 Å². The Morgan fingerprint density at radius 3 is 2.78 bits per heavy atom. The lowest BCUT2D eigenvalue weighted by atomic mass is 10.1. The van der Waals surface area contributed by atoms with Gasteiger partial charge in [-0.3, -0.25) is 9.58 Å². The Kier molecular flexibility index (Phi) is 4.77. The van der Waals surface area contributed by atoms with Crippen LogP contribution in [-0.4, -0.2) is 44.0 Å². The Labute approximate surface area is 136 Å². The fourth-order valence-corrected chi connectivity index (χ4v) is 3.15. The number of hydrogen-bond acceptors (Lipinski definition) is 6. The molecule has 2 aromatic heterocycles. The third kappa shape index (κ3) is 3.79. The second-order valence-electron chi connectivity index (χ2n) is 6.31. The molecular weight excluding hydrogens is 294 g/mol. The average Bonchev–Trinajstić information content (AvgIpc) is 3.04. The van der Waals surface area contributed by atoms with Gasteiger partial charge >= 0.3 is 0 Å². The van der Waals surface area contributed by atoms with E-state index >= 15 is 0 Å². The van der Waals surface area contributed by atoms with Crippen LogP contribution >= 0.6 is 0 Å². The van der Waals surface area contributed by atoms with Crippen molar-refractivity contribution in [2.75, 3.05) is 13.1 Å². The first-order valence-electron chi connectivity index (χ1n) is 8.15. The Morgan fingerprint density at radius 1 is 1.30 bits per heavy atom. The molecule has 0 aliphatic carbocycles. The predicted molar refractivity (Wildman–Crippen MR) is 84.8 cm³/mol. The summed E-state index contributed by atoms with van der Waals surface area (Å²) < 4.78 is 12.9. The summed E-state index contributed by atoms with van der Waals surface area (Å²) in [5, 5.41) is 8.38. The smallest absolute Gasteiger partial charge is 0.223 e. The Bertz CT molecular complexity index is 663. The van der Waals surface area contributed by atoms with Crippen LogP contribution in [0, 0.1) is 20.8 Å². The molecule has 3 rings (SSSR count). The molecule has 1 atom stereocenters. The van der Waals surface area contributed by atoms with Gasteiger partial charge in [-0.25, -0.2) is 0 Å². The summed E-state index contributed by atoms with van der Waals surface area (Å²) in [6.45, 7) is 9.40. The van der Waals surface area contributed by atoms with Gasteiger partial charge in [0.1, 0.15) is 6.61 Å². The zero-order valence-corrected chi connectivity index (χ0v) is 14.4. The number of aromatic nitrogens is 4. The second kappa shape index (κ2) is 6.80. The van der Waals surface area contributed by atoms with E-state index in [4.69, 9.17) is 9.26 Å². The van der Waals surface area contributed by atoms with Crippen molar-refractivity contribution in [3.05, 3.63) is 28.7 Å². The number of likely N-dealkylation sites (tertiary alicyclic amines) is 1. The third-order valence-corrected chi connectivity index (χ3v) is 4.52. The molecule has 1 fully saturated rings. The Balaban J connectivity index is 1.55. The topological polar surface area (TPSA) is 69.2 Å². The fraction of sp³-hybridized carbons (Fsp3) is 0.688. The maximum absolute atomic E-state index is 5.97. The van der Waals surface area contributed by atoms with Crippen molar-refractivity contribution in [3.63, 3.8) is 0 Å². The van der Waals surface area contributed by atoms with Crippen LogP contribution < -0.4 is 0 Å². The van der Waals surface area contributed by atoms with Crippen LogP contribution in [0.1, 0.15) is 41.5 Å². The van der Waals surface area contributed by atoms with Crippen molar-refractivity contribution < 1.29 is 9.26 Å². The molecule has 1 unspecified atom stereocenters. The highest BCUT2D eigenvalue weighted by Gasteiger charge is 2.23. The van der Waals surface area contributed by atoms with E-state index < -0.39 is 0 Å². The number of piperidine rings is 1. The molecule has 3 heterocycles. The molecule has 0 aromatic carbocycles. The first-order valence-corrected chi connectivity index (χ1v) is 8.15.